The maximum absolute atomic E-state index is 9.44. The lowest BCUT2D eigenvalue weighted by molar-refractivity contribution is -0.0860. The first-order valence-corrected chi connectivity index (χ1v) is 5.35. The average molecular weight is 185 g/mol. The van der Waals surface area contributed by atoms with Crippen LogP contribution in [0.4, 0.5) is 0 Å². The van der Waals surface area contributed by atoms with Crippen LogP contribution < -0.4 is 0 Å². The van der Waals surface area contributed by atoms with Crippen molar-refractivity contribution in [2.45, 2.75) is 46.1 Å². The molecule has 0 amide bonds. The maximum Gasteiger partial charge on any atom is 0.0615 e. The van der Waals surface area contributed by atoms with Crippen molar-refractivity contribution < 1.29 is 5.11 Å². The molecular weight excluding hydrogens is 162 g/mol. The summed E-state index contributed by atoms with van der Waals surface area (Å²) >= 11 is 0. The zero-order chi connectivity index (χ0) is 10.1. The number of likely N-dealkylation sites (tertiary alicyclic amines) is 1. The Labute approximate surface area is 81.9 Å². The molecule has 1 aliphatic heterocycles. The Bertz CT molecular complexity index is 157. The highest BCUT2D eigenvalue weighted by atomic mass is 16.3. The molecule has 1 fully saturated rings. The fourth-order valence-corrected chi connectivity index (χ4v) is 2.34. The molecule has 0 bridgehead atoms. The summed E-state index contributed by atoms with van der Waals surface area (Å²) in [4.78, 5) is 2.44. The van der Waals surface area contributed by atoms with Gasteiger partial charge in [-0.15, -0.1) is 0 Å². The van der Waals surface area contributed by atoms with Crippen LogP contribution >= 0.6 is 0 Å². The molecule has 0 aliphatic carbocycles. The van der Waals surface area contributed by atoms with Gasteiger partial charge in [-0.05, 0) is 18.3 Å². The first-order chi connectivity index (χ1) is 5.99. The van der Waals surface area contributed by atoms with Crippen molar-refractivity contribution in [1.29, 1.82) is 0 Å². The number of nitrogens with zero attached hydrogens (tertiary/aromatic N) is 1. The van der Waals surface area contributed by atoms with Crippen LogP contribution in [0, 0.1) is 5.41 Å². The molecule has 2 heteroatoms. The molecule has 0 atom stereocenters. The molecule has 0 aromatic heterocycles. The Morgan fingerprint density at radius 2 is 1.69 bits per heavy atom. The average Bonchev–Trinajstić information content (AvgIpc) is 2.05. The number of hydrogen-bond acceptors (Lipinski definition) is 2. The fourth-order valence-electron chi connectivity index (χ4n) is 2.34. The van der Waals surface area contributed by atoms with E-state index in [9.17, 15) is 5.11 Å². The van der Waals surface area contributed by atoms with Crippen LogP contribution in [0.25, 0.3) is 0 Å². The van der Waals surface area contributed by atoms with Crippen LogP contribution in [0.5, 0.6) is 0 Å². The van der Waals surface area contributed by atoms with Crippen LogP contribution in [-0.4, -0.2) is 35.2 Å². The molecule has 78 valence electrons. The van der Waals surface area contributed by atoms with Gasteiger partial charge in [-0.25, -0.2) is 0 Å². The van der Waals surface area contributed by atoms with Crippen LogP contribution in [0.15, 0.2) is 0 Å². The molecule has 0 radical (unpaired) electrons. The molecule has 1 N–H and O–H groups in total. The van der Waals surface area contributed by atoms with E-state index in [0.717, 1.165) is 25.9 Å². The van der Waals surface area contributed by atoms with Crippen LogP contribution in [0.3, 0.4) is 0 Å². The number of hydrogen-bond donors (Lipinski definition) is 1. The Kier molecular flexibility index (Phi) is 3.03. The van der Waals surface area contributed by atoms with Gasteiger partial charge >= 0.3 is 0 Å². The second-order valence-electron chi connectivity index (χ2n) is 5.11. The van der Waals surface area contributed by atoms with Crippen molar-refractivity contribution in [3.63, 3.8) is 0 Å². The van der Waals surface area contributed by atoms with Crippen LogP contribution in [0.1, 0.15) is 40.5 Å². The van der Waals surface area contributed by atoms with E-state index in [1.165, 1.54) is 0 Å². The number of aliphatic hydroxyl groups is 1. The van der Waals surface area contributed by atoms with E-state index in [2.05, 4.69) is 32.6 Å². The predicted octanol–water partition coefficient (Wildman–Crippen LogP) is 1.88. The molecule has 1 aliphatic rings. The summed E-state index contributed by atoms with van der Waals surface area (Å²) in [6.45, 7) is 11.5. The van der Waals surface area contributed by atoms with Crippen molar-refractivity contribution in [1.82, 2.24) is 4.90 Å². The topological polar surface area (TPSA) is 23.5 Å². The molecule has 0 spiro atoms. The molecule has 1 rings (SSSR count). The van der Waals surface area contributed by atoms with E-state index in [0.29, 0.717) is 12.0 Å². The third-order valence-electron chi connectivity index (χ3n) is 3.52. The second-order valence-corrected chi connectivity index (χ2v) is 5.11. The van der Waals surface area contributed by atoms with E-state index in [-0.39, 0.29) is 5.54 Å². The van der Waals surface area contributed by atoms with Gasteiger partial charge in [-0.3, -0.25) is 4.90 Å². The van der Waals surface area contributed by atoms with Crippen molar-refractivity contribution in [3.05, 3.63) is 0 Å². The summed E-state index contributed by atoms with van der Waals surface area (Å²) in [7, 11) is 0. The van der Waals surface area contributed by atoms with E-state index in [4.69, 9.17) is 0 Å². The van der Waals surface area contributed by atoms with E-state index >= 15 is 0 Å². The minimum Gasteiger partial charge on any atom is -0.394 e. The van der Waals surface area contributed by atoms with Crippen LogP contribution in [-0.2, 0) is 0 Å². The van der Waals surface area contributed by atoms with E-state index < -0.39 is 0 Å². The number of rotatable bonds is 4. The highest BCUT2D eigenvalue weighted by Gasteiger charge is 2.44. The van der Waals surface area contributed by atoms with Crippen molar-refractivity contribution >= 4 is 0 Å². The van der Waals surface area contributed by atoms with Gasteiger partial charge in [0.2, 0.25) is 0 Å². The molecule has 13 heavy (non-hydrogen) atoms. The first-order valence-electron chi connectivity index (χ1n) is 5.35. The highest BCUT2D eigenvalue weighted by Crippen LogP contribution is 2.37. The fraction of sp³-hybridized carbons (Fsp3) is 1.00. The summed E-state index contributed by atoms with van der Waals surface area (Å²) in [6.07, 6.45) is 2.10. The first kappa shape index (κ1) is 11.0. The van der Waals surface area contributed by atoms with Gasteiger partial charge in [0.15, 0.2) is 0 Å². The summed E-state index contributed by atoms with van der Waals surface area (Å²) in [5.41, 5.74) is 0.528. The van der Waals surface area contributed by atoms with Gasteiger partial charge in [0, 0.05) is 18.6 Å². The quantitative estimate of drug-likeness (QED) is 0.723. The third-order valence-corrected chi connectivity index (χ3v) is 3.52. The van der Waals surface area contributed by atoms with Gasteiger partial charge in [-0.1, -0.05) is 27.7 Å². The molecule has 0 aromatic rings. The van der Waals surface area contributed by atoms with E-state index in [1.54, 1.807) is 0 Å². The molecule has 0 saturated carbocycles. The largest absolute Gasteiger partial charge is 0.394 e. The Hall–Kier alpha value is -0.0800. The lowest BCUT2D eigenvalue weighted by Crippen LogP contribution is -2.64. The monoisotopic (exact) mass is 185 g/mol. The van der Waals surface area contributed by atoms with Crippen LogP contribution in [0.2, 0.25) is 0 Å². The zero-order valence-electron chi connectivity index (χ0n) is 9.43. The van der Waals surface area contributed by atoms with Gasteiger partial charge in [0.05, 0.1) is 6.61 Å². The summed E-state index contributed by atoms with van der Waals surface area (Å²) in [5, 5.41) is 9.44. The molecule has 1 heterocycles. The Morgan fingerprint density at radius 1 is 1.23 bits per heavy atom. The summed E-state index contributed by atoms with van der Waals surface area (Å²) in [6, 6.07) is 0. The van der Waals surface area contributed by atoms with Gasteiger partial charge in [0.1, 0.15) is 0 Å². The van der Waals surface area contributed by atoms with Gasteiger partial charge in [0.25, 0.3) is 0 Å². The minimum atomic E-state index is 0.0650. The normalized spacial score (nSPS) is 22.8. The Balaban J connectivity index is 2.59. The molecule has 1 saturated heterocycles. The van der Waals surface area contributed by atoms with E-state index in [1.807, 2.05) is 0 Å². The lowest BCUT2D eigenvalue weighted by atomic mass is 9.77. The maximum atomic E-state index is 9.44. The Morgan fingerprint density at radius 3 is 1.92 bits per heavy atom. The minimum absolute atomic E-state index is 0.0650. The number of aliphatic hydroxyl groups excluding tert-OH is 1. The molecular formula is C11H23NO. The standard InChI is InChI=1S/C11H23NO/c1-5-11(6-2,9-13)12-7-10(3,4)8-12/h13H,5-9H2,1-4H3. The van der Waals surface area contributed by atoms with Gasteiger partial charge < -0.3 is 5.11 Å². The lowest BCUT2D eigenvalue weighted by Gasteiger charge is -2.55. The van der Waals surface area contributed by atoms with Crippen molar-refractivity contribution in [2.24, 2.45) is 5.41 Å². The molecule has 0 unspecified atom stereocenters. The van der Waals surface area contributed by atoms with Crippen molar-refractivity contribution in [2.75, 3.05) is 19.7 Å². The predicted molar refractivity (Wildman–Crippen MR) is 55.8 cm³/mol. The van der Waals surface area contributed by atoms with Gasteiger partial charge in [-0.2, -0.15) is 0 Å². The SMILES string of the molecule is CCC(CC)(CO)N1CC(C)(C)C1. The molecule has 0 aromatic carbocycles. The highest BCUT2D eigenvalue weighted by molar-refractivity contribution is 4.99. The third kappa shape index (κ3) is 1.89. The second kappa shape index (κ2) is 3.58. The summed E-state index contributed by atoms with van der Waals surface area (Å²) in [5.74, 6) is 0. The smallest absolute Gasteiger partial charge is 0.0615 e. The zero-order valence-corrected chi connectivity index (χ0v) is 9.43. The molecule has 2 nitrogen and oxygen atoms in total. The summed E-state index contributed by atoms with van der Waals surface area (Å²) < 4.78 is 0. The van der Waals surface area contributed by atoms with Crippen molar-refractivity contribution in [3.8, 4) is 0 Å².